The predicted molar refractivity (Wildman–Crippen MR) is 122 cm³/mol. The number of amides is 1. The Morgan fingerprint density at radius 1 is 0.903 bits per heavy atom. The van der Waals surface area contributed by atoms with Crippen molar-refractivity contribution >= 4 is 29.0 Å². The first-order chi connectivity index (χ1) is 15.0. The molecule has 1 amide bonds. The highest BCUT2D eigenvalue weighted by Gasteiger charge is 2.27. The van der Waals surface area contributed by atoms with E-state index < -0.39 is 12.1 Å². The predicted octanol–water partition coefficient (Wildman–Crippen LogP) is 3.17. The van der Waals surface area contributed by atoms with Crippen LogP contribution in [0.3, 0.4) is 0 Å². The topological polar surface area (TPSA) is 65.5 Å². The number of ether oxygens (including phenoxy) is 1. The summed E-state index contributed by atoms with van der Waals surface area (Å²) in [5, 5.41) is 6.38. The van der Waals surface area contributed by atoms with Gasteiger partial charge in [-0.1, -0.05) is 18.2 Å². The highest BCUT2D eigenvalue weighted by Crippen LogP contribution is 2.21. The van der Waals surface area contributed by atoms with Crippen LogP contribution in [0.2, 0.25) is 0 Å². The Labute approximate surface area is 182 Å². The second-order valence-corrected chi connectivity index (χ2v) is 7.95. The van der Waals surface area contributed by atoms with Gasteiger partial charge in [0.2, 0.25) is 0 Å². The average Bonchev–Trinajstić information content (AvgIpc) is 3.25. The zero-order chi connectivity index (χ0) is 21.8. The molecule has 0 bridgehead atoms. The molecular formula is C24H28N4O3. The summed E-state index contributed by atoms with van der Waals surface area (Å²) in [5.41, 5.74) is 3.62. The summed E-state index contributed by atoms with van der Waals surface area (Å²) in [7, 11) is 0. The van der Waals surface area contributed by atoms with Gasteiger partial charge in [0.15, 0.2) is 6.10 Å². The Kier molecular flexibility index (Phi) is 6.21. The van der Waals surface area contributed by atoms with Crippen LogP contribution in [0.25, 0.3) is 0 Å². The molecule has 7 nitrogen and oxygen atoms in total. The first kappa shape index (κ1) is 20.9. The number of hydrazone groups is 1. The van der Waals surface area contributed by atoms with Gasteiger partial charge in [-0.3, -0.25) is 9.80 Å². The largest absolute Gasteiger partial charge is 0.449 e. The summed E-state index contributed by atoms with van der Waals surface area (Å²) in [4.78, 5) is 29.3. The molecule has 0 aliphatic carbocycles. The van der Waals surface area contributed by atoms with Crippen LogP contribution >= 0.6 is 0 Å². The number of carbonyl (C=O) groups is 2. The minimum absolute atomic E-state index is 0.153. The van der Waals surface area contributed by atoms with E-state index in [4.69, 9.17) is 4.74 Å². The molecule has 4 rings (SSSR count). The summed E-state index contributed by atoms with van der Waals surface area (Å²) < 4.78 is 5.46. The number of hydrogen-bond donors (Lipinski definition) is 0. The number of hydrogen-bond acceptors (Lipinski definition) is 6. The fourth-order valence-corrected chi connectivity index (χ4v) is 3.89. The molecule has 2 heterocycles. The van der Waals surface area contributed by atoms with Gasteiger partial charge in [0.05, 0.1) is 11.3 Å². The Balaban J connectivity index is 1.29. The normalized spacial score (nSPS) is 17.4. The molecule has 0 N–H and O–H groups in total. The zero-order valence-electron chi connectivity index (χ0n) is 18.0. The second kappa shape index (κ2) is 9.20. The third kappa shape index (κ3) is 4.87. The molecule has 7 heteroatoms. The Morgan fingerprint density at radius 3 is 2.19 bits per heavy atom. The van der Waals surface area contributed by atoms with E-state index in [1.54, 1.807) is 24.0 Å². The van der Waals surface area contributed by atoms with E-state index in [0.29, 0.717) is 18.7 Å². The maximum absolute atomic E-state index is 12.8. The van der Waals surface area contributed by atoms with Crippen molar-refractivity contribution in [3.63, 3.8) is 0 Å². The molecule has 1 atom stereocenters. The Hall–Kier alpha value is -3.35. The molecule has 2 aromatic rings. The lowest BCUT2D eigenvalue weighted by molar-refractivity contribution is -0.140. The Bertz CT molecular complexity index is 951. The molecule has 0 aromatic heterocycles. The van der Waals surface area contributed by atoms with Crippen molar-refractivity contribution in [1.82, 2.24) is 4.90 Å². The third-order valence-electron chi connectivity index (χ3n) is 5.72. The molecule has 1 fully saturated rings. The summed E-state index contributed by atoms with van der Waals surface area (Å²) in [6, 6.07) is 17.3. The van der Waals surface area contributed by atoms with Gasteiger partial charge < -0.3 is 14.5 Å². The van der Waals surface area contributed by atoms with Gasteiger partial charge in [-0.15, -0.1) is 0 Å². The van der Waals surface area contributed by atoms with Crippen LogP contribution in [0.5, 0.6) is 0 Å². The summed E-state index contributed by atoms with van der Waals surface area (Å²) in [5.74, 6) is -0.643. The zero-order valence-corrected chi connectivity index (χ0v) is 18.0. The van der Waals surface area contributed by atoms with Crippen LogP contribution in [0, 0.1) is 0 Å². The van der Waals surface area contributed by atoms with Crippen LogP contribution < -0.4 is 9.91 Å². The maximum Gasteiger partial charge on any atom is 0.338 e. The van der Waals surface area contributed by atoms with Crippen molar-refractivity contribution < 1.29 is 14.3 Å². The fraction of sp³-hybridized carbons (Fsp3) is 0.375. The number of carbonyl (C=O) groups excluding carboxylic acids is 2. The van der Waals surface area contributed by atoms with Gasteiger partial charge in [-0.2, -0.15) is 5.10 Å². The quantitative estimate of drug-likeness (QED) is 0.695. The van der Waals surface area contributed by atoms with Crippen molar-refractivity contribution in [1.29, 1.82) is 0 Å². The molecule has 0 spiro atoms. The third-order valence-corrected chi connectivity index (χ3v) is 5.72. The molecular weight excluding hydrogens is 392 g/mol. The number of benzene rings is 2. The van der Waals surface area contributed by atoms with Crippen LogP contribution in [-0.4, -0.2) is 61.3 Å². The highest BCUT2D eigenvalue weighted by molar-refractivity contribution is 5.92. The monoisotopic (exact) mass is 420 g/mol. The summed E-state index contributed by atoms with van der Waals surface area (Å²) >= 11 is 0. The molecule has 2 aromatic carbocycles. The maximum atomic E-state index is 12.8. The van der Waals surface area contributed by atoms with Gasteiger partial charge in [0.25, 0.3) is 5.91 Å². The number of esters is 1. The SMILES string of the molecule is CC1=NN(c2ccc(C(=O)O[C@@H](C)C(=O)N3CCN(c4ccccc4)CC3)cc2)CC1. The molecule has 2 aliphatic heterocycles. The van der Waals surface area contributed by atoms with E-state index in [0.717, 1.165) is 43.1 Å². The standard InChI is InChI=1S/C24H28N4O3/c1-18-12-13-28(25-18)22-10-8-20(9-11-22)24(30)31-19(2)23(29)27-16-14-26(15-17-27)21-6-4-3-5-7-21/h3-11,19H,12-17H2,1-2H3/t19-/m0/s1. The number of piperazine rings is 1. The van der Waals surface area contributed by atoms with Crippen LogP contribution in [0.4, 0.5) is 11.4 Å². The number of anilines is 2. The number of nitrogens with zero attached hydrogens (tertiary/aromatic N) is 4. The van der Waals surface area contributed by atoms with Crippen molar-refractivity contribution in [2.45, 2.75) is 26.4 Å². The smallest absolute Gasteiger partial charge is 0.338 e. The summed E-state index contributed by atoms with van der Waals surface area (Å²) in [6.45, 7) is 7.23. The molecule has 1 saturated heterocycles. The van der Waals surface area contributed by atoms with Gasteiger partial charge >= 0.3 is 5.97 Å². The fourth-order valence-electron chi connectivity index (χ4n) is 3.89. The van der Waals surface area contributed by atoms with Crippen molar-refractivity contribution in [2.24, 2.45) is 5.10 Å². The molecule has 0 saturated carbocycles. The lowest BCUT2D eigenvalue weighted by Crippen LogP contribution is -2.51. The molecule has 31 heavy (non-hydrogen) atoms. The first-order valence-corrected chi connectivity index (χ1v) is 10.7. The second-order valence-electron chi connectivity index (χ2n) is 7.95. The van der Waals surface area contributed by atoms with Crippen LogP contribution in [0.15, 0.2) is 59.7 Å². The van der Waals surface area contributed by atoms with E-state index in [1.807, 2.05) is 42.3 Å². The van der Waals surface area contributed by atoms with E-state index in [9.17, 15) is 9.59 Å². The highest BCUT2D eigenvalue weighted by atomic mass is 16.5. The van der Waals surface area contributed by atoms with E-state index in [1.165, 1.54) is 0 Å². The first-order valence-electron chi connectivity index (χ1n) is 10.7. The lowest BCUT2D eigenvalue weighted by atomic mass is 10.2. The number of rotatable bonds is 5. The molecule has 0 unspecified atom stereocenters. The van der Waals surface area contributed by atoms with Crippen LogP contribution in [0.1, 0.15) is 30.6 Å². The van der Waals surface area contributed by atoms with Gasteiger partial charge in [0, 0.05) is 50.5 Å². The lowest BCUT2D eigenvalue weighted by Gasteiger charge is -2.37. The van der Waals surface area contributed by atoms with Gasteiger partial charge in [0.1, 0.15) is 0 Å². The number of para-hydroxylation sites is 1. The van der Waals surface area contributed by atoms with Crippen molar-refractivity contribution in [2.75, 3.05) is 42.6 Å². The minimum atomic E-state index is -0.818. The average molecular weight is 421 g/mol. The van der Waals surface area contributed by atoms with E-state index >= 15 is 0 Å². The van der Waals surface area contributed by atoms with E-state index in [-0.39, 0.29) is 5.91 Å². The van der Waals surface area contributed by atoms with Crippen LogP contribution in [-0.2, 0) is 9.53 Å². The Morgan fingerprint density at radius 2 is 1.58 bits per heavy atom. The molecule has 162 valence electrons. The molecule has 0 radical (unpaired) electrons. The van der Waals surface area contributed by atoms with Crippen molar-refractivity contribution in [3.8, 4) is 0 Å². The minimum Gasteiger partial charge on any atom is -0.449 e. The van der Waals surface area contributed by atoms with E-state index in [2.05, 4.69) is 22.1 Å². The molecule has 2 aliphatic rings. The van der Waals surface area contributed by atoms with Gasteiger partial charge in [-0.05, 0) is 50.2 Å². The van der Waals surface area contributed by atoms with Crippen molar-refractivity contribution in [3.05, 3.63) is 60.2 Å². The van der Waals surface area contributed by atoms with Gasteiger partial charge in [-0.25, -0.2) is 4.79 Å². The summed E-state index contributed by atoms with van der Waals surface area (Å²) in [6.07, 6.45) is 0.129.